The molecule has 0 aliphatic heterocycles. The van der Waals surface area contributed by atoms with Crippen molar-refractivity contribution < 1.29 is 13.2 Å². The Balaban J connectivity index is 1.58. The van der Waals surface area contributed by atoms with Gasteiger partial charge in [0.1, 0.15) is 6.54 Å². The zero-order valence-electron chi connectivity index (χ0n) is 15.4. The largest absolute Gasteiger partial charge is 0.352 e. The van der Waals surface area contributed by atoms with Crippen LogP contribution >= 0.6 is 15.9 Å². The summed E-state index contributed by atoms with van der Waals surface area (Å²) in [7, 11) is -3.85. The van der Waals surface area contributed by atoms with Crippen LogP contribution in [0.1, 0.15) is 25.7 Å². The first kappa shape index (κ1) is 19.5. The smallest absolute Gasteiger partial charge is 0.264 e. The van der Waals surface area contributed by atoms with Crippen LogP contribution < -0.4 is 9.62 Å². The van der Waals surface area contributed by atoms with Gasteiger partial charge in [-0.25, -0.2) is 8.42 Å². The second kappa shape index (κ2) is 7.87. The summed E-state index contributed by atoms with van der Waals surface area (Å²) in [5.41, 5.74) is 0.468. The van der Waals surface area contributed by atoms with E-state index in [-0.39, 0.29) is 23.4 Å². The molecule has 1 N–H and O–H groups in total. The molecule has 2 aromatic rings. The lowest BCUT2D eigenvalue weighted by atomic mass is 9.95. The number of carbonyl (C=O) groups excluding carboxylic acids is 1. The van der Waals surface area contributed by atoms with Crippen LogP contribution in [0, 0.1) is 11.8 Å². The van der Waals surface area contributed by atoms with E-state index in [1.54, 1.807) is 54.6 Å². The molecule has 2 saturated carbocycles. The van der Waals surface area contributed by atoms with Crippen LogP contribution in [0.5, 0.6) is 0 Å². The summed E-state index contributed by atoms with van der Waals surface area (Å²) >= 11 is 3.37. The van der Waals surface area contributed by atoms with E-state index < -0.39 is 10.0 Å². The van der Waals surface area contributed by atoms with Crippen LogP contribution in [0.3, 0.4) is 0 Å². The second-order valence-electron chi connectivity index (χ2n) is 7.65. The van der Waals surface area contributed by atoms with Crippen LogP contribution in [0.4, 0.5) is 5.69 Å². The van der Waals surface area contributed by atoms with Gasteiger partial charge in [-0.15, -0.1) is 0 Å². The highest BCUT2D eigenvalue weighted by atomic mass is 79.9. The molecule has 2 fully saturated rings. The molecule has 2 aromatic carbocycles. The predicted octanol–water partition coefficient (Wildman–Crippen LogP) is 3.95. The van der Waals surface area contributed by atoms with Crippen molar-refractivity contribution in [1.82, 2.24) is 5.32 Å². The Kier molecular flexibility index (Phi) is 5.47. The van der Waals surface area contributed by atoms with Crippen molar-refractivity contribution in [3.05, 3.63) is 59.1 Å². The topological polar surface area (TPSA) is 66.5 Å². The van der Waals surface area contributed by atoms with Crippen LogP contribution in [-0.4, -0.2) is 26.9 Å². The lowest BCUT2D eigenvalue weighted by molar-refractivity contribution is -0.120. The van der Waals surface area contributed by atoms with Crippen molar-refractivity contribution >= 4 is 37.5 Å². The molecule has 2 aliphatic rings. The fourth-order valence-corrected chi connectivity index (χ4v) is 6.15. The summed E-state index contributed by atoms with van der Waals surface area (Å²) in [6, 6.07) is 15.4. The quantitative estimate of drug-likeness (QED) is 0.706. The van der Waals surface area contributed by atoms with Crippen molar-refractivity contribution in [2.45, 2.75) is 36.6 Å². The van der Waals surface area contributed by atoms with Gasteiger partial charge >= 0.3 is 0 Å². The first-order chi connectivity index (χ1) is 13.4. The van der Waals surface area contributed by atoms with Crippen LogP contribution in [0.2, 0.25) is 0 Å². The Morgan fingerprint density at radius 1 is 1.04 bits per heavy atom. The highest BCUT2D eigenvalue weighted by molar-refractivity contribution is 9.10. The molecule has 0 spiro atoms. The molecular weight excluding hydrogens is 440 g/mol. The van der Waals surface area contributed by atoms with Crippen LogP contribution in [0.15, 0.2) is 64.0 Å². The number of benzene rings is 2. The minimum absolute atomic E-state index is 0.172. The molecule has 0 saturated heterocycles. The van der Waals surface area contributed by atoms with E-state index in [1.165, 1.54) is 17.1 Å². The maximum atomic E-state index is 13.3. The minimum Gasteiger partial charge on any atom is -0.352 e. The zero-order valence-corrected chi connectivity index (χ0v) is 17.8. The number of anilines is 1. The summed E-state index contributed by atoms with van der Waals surface area (Å²) in [5, 5.41) is 3.09. The number of rotatable bonds is 6. The van der Waals surface area contributed by atoms with Crippen molar-refractivity contribution in [3.8, 4) is 0 Å². The van der Waals surface area contributed by atoms with Crippen molar-refractivity contribution in [2.75, 3.05) is 10.8 Å². The molecule has 0 aromatic heterocycles. The first-order valence-corrected chi connectivity index (χ1v) is 11.8. The summed E-state index contributed by atoms with van der Waals surface area (Å²) < 4.78 is 28.5. The lowest BCUT2D eigenvalue weighted by Crippen LogP contribution is -2.45. The molecule has 0 unspecified atom stereocenters. The third kappa shape index (κ3) is 3.96. The number of sulfonamides is 1. The van der Waals surface area contributed by atoms with E-state index in [4.69, 9.17) is 0 Å². The number of nitrogens with zero attached hydrogens (tertiary/aromatic N) is 1. The molecule has 2 bridgehead atoms. The monoisotopic (exact) mass is 462 g/mol. The highest BCUT2D eigenvalue weighted by Crippen LogP contribution is 2.44. The van der Waals surface area contributed by atoms with Gasteiger partial charge in [0.25, 0.3) is 10.0 Å². The van der Waals surface area contributed by atoms with Gasteiger partial charge in [-0.05, 0) is 67.5 Å². The first-order valence-electron chi connectivity index (χ1n) is 9.56. The molecule has 28 heavy (non-hydrogen) atoms. The fourth-order valence-electron chi connectivity index (χ4n) is 4.45. The van der Waals surface area contributed by atoms with E-state index in [0.29, 0.717) is 17.5 Å². The van der Waals surface area contributed by atoms with Gasteiger partial charge in [0.05, 0.1) is 10.6 Å². The highest BCUT2D eigenvalue weighted by Gasteiger charge is 2.40. The van der Waals surface area contributed by atoms with Gasteiger partial charge < -0.3 is 5.32 Å². The van der Waals surface area contributed by atoms with E-state index in [1.807, 2.05) is 0 Å². The SMILES string of the molecule is O=C(CN(c1ccc(Br)cc1)S(=O)(=O)c1ccccc1)N[C@H]1C[C@@H]2CC[C@H]1C2. The summed E-state index contributed by atoms with van der Waals surface area (Å²) in [6.45, 7) is -0.229. The molecule has 4 rings (SSSR count). The molecule has 2 aliphatic carbocycles. The molecule has 5 nitrogen and oxygen atoms in total. The maximum absolute atomic E-state index is 13.3. The average Bonchev–Trinajstić information content (AvgIpc) is 3.31. The molecule has 1 amide bonds. The molecule has 3 atom stereocenters. The second-order valence-corrected chi connectivity index (χ2v) is 10.4. The lowest BCUT2D eigenvalue weighted by Gasteiger charge is -2.27. The van der Waals surface area contributed by atoms with Gasteiger partial charge in [0, 0.05) is 10.5 Å². The number of hydrogen-bond acceptors (Lipinski definition) is 3. The summed E-state index contributed by atoms with van der Waals surface area (Å²) in [4.78, 5) is 12.9. The Labute approximate surface area is 174 Å². The molecule has 7 heteroatoms. The molecule has 148 valence electrons. The number of hydrogen-bond donors (Lipinski definition) is 1. The van der Waals surface area contributed by atoms with Crippen molar-refractivity contribution in [2.24, 2.45) is 11.8 Å². The normalized spacial score (nSPS) is 23.5. The van der Waals surface area contributed by atoms with Gasteiger partial charge in [-0.2, -0.15) is 0 Å². The maximum Gasteiger partial charge on any atom is 0.264 e. The Morgan fingerprint density at radius 3 is 2.36 bits per heavy atom. The average molecular weight is 463 g/mol. The van der Waals surface area contributed by atoms with Gasteiger partial charge in [-0.3, -0.25) is 9.10 Å². The van der Waals surface area contributed by atoms with E-state index in [0.717, 1.165) is 17.3 Å². The Bertz CT molecular complexity index is 947. The fraction of sp³-hybridized carbons (Fsp3) is 0.381. The number of halogens is 1. The van der Waals surface area contributed by atoms with Gasteiger partial charge in [0.15, 0.2) is 0 Å². The van der Waals surface area contributed by atoms with Crippen molar-refractivity contribution in [3.63, 3.8) is 0 Å². The third-order valence-corrected chi connectivity index (χ3v) is 8.13. The predicted molar refractivity (Wildman–Crippen MR) is 112 cm³/mol. The van der Waals surface area contributed by atoms with Crippen LogP contribution in [0.25, 0.3) is 0 Å². The van der Waals surface area contributed by atoms with E-state index in [9.17, 15) is 13.2 Å². The molecular formula is C21H23BrN2O3S. The van der Waals surface area contributed by atoms with Crippen molar-refractivity contribution in [1.29, 1.82) is 0 Å². The summed E-state index contributed by atoms with van der Waals surface area (Å²) in [6.07, 6.45) is 4.61. The van der Waals surface area contributed by atoms with Gasteiger partial charge in [-0.1, -0.05) is 40.5 Å². The standard InChI is InChI=1S/C21H23BrN2O3S/c22-17-8-10-18(11-9-17)24(28(26,27)19-4-2-1-3-5-19)14-21(25)23-20-13-15-6-7-16(20)12-15/h1-5,8-11,15-16,20H,6-7,12-14H2,(H,23,25)/t15-,16+,20+/m1/s1. The zero-order chi connectivity index (χ0) is 19.7. The third-order valence-electron chi connectivity index (χ3n) is 5.82. The molecule has 0 radical (unpaired) electrons. The van der Waals surface area contributed by atoms with E-state index in [2.05, 4.69) is 21.2 Å². The molecule has 0 heterocycles. The Morgan fingerprint density at radius 2 is 1.75 bits per heavy atom. The van der Waals surface area contributed by atoms with E-state index >= 15 is 0 Å². The van der Waals surface area contributed by atoms with Gasteiger partial charge in [0.2, 0.25) is 5.91 Å². The number of amides is 1. The summed E-state index contributed by atoms with van der Waals surface area (Å²) in [5.74, 6) is 1.01. The number of fused-ring (bicyclic) bond motifs is 2. The number of nitrogens with one attached hydrogen (secondary N) is 1. The van der Waals surface area contributed by atoms with Crippen LogP contribution in [-0.2, 0) is 14.8 Å². The minimum atomic E-state index is -3.85. The number of carbonyl (C=O) groups is 1. The Hall–Kier alpha value is -1.86.